The van der Waals surface area contributed by atoms with Crippen LogP contribution in [0.2, 0.25) is 5.02 Å². The molecule has 2 aliphatic rings. The fourth-order valence-corrected chi connectivity index (χ4v) is 4.96. The van der Waals surface area contributed by atoms with Gasteiger partial charge in [0, 0.05) is 24.5 Å². The molecule has 2 fully saturated rings. The maximum absolute atomic E-state index is 13.1. The lowest BCUT2D eigenvalue weighted by molar-refractivity contribution is -0.122. The molecule has 2 amide bonds. The highest BCUT2D eigenvalue weighted by Gasteiger charge is 2.35. The Hall–Kier alpha value is -2.93. The zero-order valence-corrected chi connectivity index (χ0v) is 22.1. The molecule has 1 N–H and O–H groups in total. The fourth-order valence-electron chi connectivity index (χ4n) is 4.73. The Bertz CT molecular complexity index is 1060. The summed E-state index contributed by atoms with van der Waals surface area (Å²) in [7, 11) is 0. The van der Waals surface area contributed by atoms with Gasteiger partial charge in [-0.05, 0) is 83.2 Å². The van der Waals surface area contributed by atoms with Crippen LogP contribution in [0.25, 0.3) is 0 Å². The number of amides is 2. The third kappa shape index (κ3) is 6.84. The van der Waals surface area contributed by atoms with Crippen molar-refractivity contribution in [3.8, 4) is 5.75 Å². The van der Waals surface area contributed by atoms with Crippen molar-refractivity contribution in [2.75, 3.05) is 29.9 Å². The molecule has 194 valence electrons. The summed E-state index contributed by atoms with van der Waals surface area (Å²) in [5, 5.41) is 3.36. The van der Waals surface area contributed by atoms with Gasteiger partial charge in [-0.2, -0.15) is 0 Å². The van der Waals surface area contributed by atoms with Crippen molar-refractivity contribution in [2.24, 2.45) is 0 Å². The first-order valence-corrected chi connectivity index (χ1v) is 13.1. The van der Waals surface area contributed by atoms with Crippen LogP contribution in [0.5, 0.6) is 5.75 Å². The summed E-state index contributed by atoms with van der Waals surface area (Å²) in [6.07, 6.45) is 3.90. The Kier molecular flexibility index (Phi) is 8.29. The largest absolute Gasteiger partial charge is 0.487 e. The highest BCUT2D eigenvalue weighted by Crippen LogP contribution is 2.31. The summed E-state index contributed by atoms with van der Waals surface area (Å²) in [6.45, 7) is 7.76. The highest BCUT2D eigenvalue weighted by molar-refractivity contribution is 6.32. The Morgan fingerprint density at radius 3 is 2.50 bits per heavy atom. The number of benzene rings is 2. The Balaban J connectivity index is 1.37. The lowest BCUT2D eigenvalue weighted by Gasteiger charge is -2.35. The summed E-state index contributed by atoms with van der Waals surface area (Å²) < 4.78 is 11.8. The van der Waals surface area contributed by atoms with Crippen LogP contribution < -0.4 is 15.0 Å². The molecule has 0 bridgehead atoms. The number of ether oxygens (including phenoxy) is 2. The van der Waals surface area contributed by atoms with E-state index >= 15 is 0 Å². The number of hydrogen-bond donors (Lipinski definition) is 1. The summed E-state index contributed by atoms with van der Waals surface area (Å²) in [6, 6.07) is 15.1. The minimum Gasteiger partial charge on any atom is -0.487 e. The monoisotopic (exact) mass is 513 g/mol. The molecule has 2 atom stereocenters. The quantitative estimate of drug-likeness (QED) is 0.521. The second kappa shape index (κ2) is 11.4. The van der Waals surface area contributed by atoms with Gasteiger partial charge in [0.05, 0.1) is 11.6 Å². The van der Waals surface area contributed by atoms with Crippen molar-refractivity contribution >= 4 is 35.0 Å². The standard InChI is InChI=1S/C28H36ClN3O4/c1-28(2,3)36-27(34)32-17-8-7-13-24(32)26(33)30-20-14-15-25(23(29)18-20)35-22-12-9-16-31(19-22)21-10-5-4-6-11-21/h4-6,10-11,14-15,18,22,24H,7-9,12-13,16-17,19H2,1-3H3,(H,30,33)/t22-,24-/m1/s1. The predicted octanol–water partition coefficient (Wildman–Crippen LogP) is 6.12. The third-order valence-electron chi connectivity index (χ3n) is 6.43. The lowest BCUT2D eigenvalue weighted by atomic mass is 10.0. The number of rotatable bonds is 5. The van der Waals surface area contributed by atoms with Crippen LogP contribution in [-0.4, -0.2) is 54.3 Å². The number of nitrogens with one attached hydrogen (secondary N) is 1. The highest BCUT2D eigenvalue weighted by atomic mass is 35.5. The summed E-state index contributed by atoms with van der Waals surface area (Å²) in [5.41, 5.74) is 1.15. The van der Waals surface area contributed by atoms with Gasteiger partial charge >= 0.3 is 6.09 Å². The smallest absolute Gasteiger partial charge is 0.410 e. The van der Waals surface area contributed by atoms with Crippen molar-refractivity contribution in [3.63, 3.8) is 0 Å². The maximum atomic E-state index is 13.1. The molecule has 36 heavy (non-hydrogen) atoms. The maximum Gasteiger partial charge on any atom is 0.410 e. The molecule has 2 saturated heterocycles. The van der Waals surface area contributed by atoms with Crippen LogP contribution in [0.3, 0.4) is 0 Å². The molecule has 2 aliphatic heterocycles. The summed E-state index contributed by atoms with van der Waals surface area (Å²) in [4.78, 5) is 29.6. The van der Waals surface area contributed by atoms with Gasteiger partial charge in [0.25, 0.3) is 0 Å². The van der Waals surface area contributed by atoms with Gasteiger partial charge in [-0.25, -0.2) is 4.79 Å². The molecule has 0 aromatic heterocycles. The van der Waals surface area contributed by atoms with Crippen LogP contribution in [0.15, 0.2) is 48.5 Å². The number of para-hydroxylation sites is 1. The average molecular weight is 514 g/mol. The molecule has 2 aromatic rings. The van der Waals surface area contributed by atoms with Gasteiger partial charge in [0.2, 0.25) is 5.91 Å². The minimum absolute atomic E-state index is 0.0292. The van der Waals surface area contributed by atoms with Crippen molar-refractivity contribution in [2.45, 2.75) is 70.6 Å². The number of piperidine rings is 2. The predicted molar refractivity (Wildman–Crippen MR) is 143 cm³/mol. The van der Waals surface area contributed by atoms with E-state index in [1.54, 1.807) is 18.2 Å². The minimum atomic E-state index is -0.616. The van der Waals surface area contributed by atoms with E-state index in [9.17, 15) is 9.59 Å². The first-order chi connectivity index (χ1) is 17.2. The van der Waals surface area contributed by atoms with Gasteiger partial charge in [-0.1, -0.05) is 29.8 Å². The van der Waals surface area contributed by atoms with E-state index in [0.29, 0.717) is 29.4 Å². The molecule has 0 radical (unpaired) electrons. The van der Waals surface area contributed by atoms with Crippen molar-refractivity contribution in [1.29, 1.82) is 0 Å². The summed E-state index contributed by atoms with van der Waals surface area (Å²) in [5.74, 6) is 0.360. The number of halogens is 1. The van der Waals surface area contributed by atoms with Gasteiger partial charge in [-0.15, -0.1) is 0 Å². The van der Waals surface area contributed by atoms with E-state index < -0.39 is 17.7 Å². The molecule has 2 aromatic carbocycles. The van der Waals surface area contributed by atoms with E-state index in [1.165, 1.54) is 10.6 Å². The van der Waals surface area contributed by atoms with E-state index in [1.807, 2.05) is 39.0 Å². The van der Waals surface area contributed by atoms with Crippen LogP contribution in [-0.2, 0) is 9.53 Å². The van der Waals surface area contributed by atoms with E-state index in [-0.39, 0.29) is 12.0 Å². The SMILES string of the molecule is CC(C)(C)OC(=O)N1CCCC[C@@H]1C(=O)Nc1ccc(O[C@@H]2CCCN(c3ccccc3)C2)c(Cl)c1. The Morgan fingerprint density at radius 1 is 1.00 bits per heavy atom. The molecule has 7 nitrogen and oxygen atoms in total. The first-order valence-electron chi connectivity index (χ1n) is 12.8. The lowest BCUT2D eigenvalue weighted by Crippen LogP contribution is -2.51. The van der Waals surface area contributed by atoms with Gasteiger partial charge in [0.15, 0.2) is 0 Å². The molecule has 0 unspecified atom stereocenters. The Labute approximate surface area is 218 Å². The summed E-state index contributed by atoms with van der Waals surface area (Å²) >= 11 is 6.55. The second-order valence-corrected chi connectivity index (χ2v) is 10.9. The van der Waals surface area contributed by atoms with Gasteiger partial charge in [0.1, 0.15) is 23.5 Å². The number of likely N-dealkylation sites (tertiary alicyclic amines) is 1. The molecular weight excluding hydrogens is 478 g/mol. The van der Waals surface area contributed by atoms with E-state index in [0.717, 1.165) is 38.8 Å². The molecular formula is C28H36ClN3O4. The molecule has 2 heterocycles. The molecule has 0 spiro atoms. The normalized spacial score (nSPS) is 20.6. The van der Waals surface area contributed by atoms with Crippen LogP contribution in [0, 0.1) is 0 Å². The third-order valence-corrected chi connectivity index (χ3v) is 6.72. The molecule has 0 aliphatic carbocycles. The Morgan fingerprint density at radius 2 is 1.78 bits per heavy atom. The topological polar surface area (TPSA) is 71.1 Å². The average Bonchev–Trinajstić information content (AvgIpc) is 2.85. The number of carbonyl (C=O) groups is 2. The van der Waals surface area contributed by atoms with Crippen molar-refractivity contribution in [3.05, 3.63) is 53.6 Å². The van der Waals surface area contributed by atoms with E-state index in [4.69, 9.17) is 21.1 Å². The zero-order valence-electron chi connectivity index (χ0n) is 21.3. The van der Waals surface area contributed by atoms with Gasteiger partial charge in [-0.3, -0.25) is 9.69 Å². The van der Waals surface area contributed by atoms with Crippen molar-refractivity contribution in [1.82, 2.24) is 4.90 Å². The van der Waals surface area contributed by atoms with Crippen LogP contribution in [0.1, 0.15) is 52.9 Å². The van der Waals surface area contributed by atoms with Crippen LogP contribution in [0.4, 0.5) is 16.2 Å². The number of carbonyl (C=O) groups excluding carboxylic acids is 2. The molecule has 0 saturated carbocycles. The van der Waals surface area contributed by atoms with Crippen molar-refractivity contribution < 1.29 is 19.1 Å². The second-order valence-electron chi connectivity index (χ2n) is 10.5. The number of hydrogen-bond acceptors (Lipinski definition) is 5. The molecule has 4 rings (SSSR count). The van der Waals surface area contributed by atoms with E-state index in [2.05, 4.69) is 22.3 Å². The number of anilines is 2. The molecule has 8 heteroatoms. The van der Waals surface area contributed by atoms with Gasteiger partial charge < -0.3 is 19.7 Å². The number of nitrogens with zero attached hydrogens (tertiary/aromatic N) is 2. The zero-order chi connectivity index (χ0) is 25.7. The first kappa shape index (κ1) is 26.1. The van der Waals surface area contributed by atoms with Crippen LogP contribution >= 0.6 is 11.6 Å². The fraction of sp³-hybridized carbons (Fsp3) is 0.500.